The van der Waals surface area contributed by atoms with Gasteiger partial charge in [0.2, 0.25) is 0 Å². The van der Waals surface area contributed by atoms with Gasteiger partial charge in [0.1, 0.15) is 11.8 Å². The number of benzene rings is 3. The summed E-state index contributed by atoms with van der Waals surface area (Å²) in [4.78, 5) is 32.9. The van der Waals surface area contributed by atoms with Gasteiger partial charge in [-0.15, -0.1) is 0 Å². The highest BCUT2D eigenvalue weighted by Crippen LogP contribution is 2.35. The first kappa shape index (κ1) is 29.1. The van der Waals surface area contributed by atoms with Crippen LogP contribution in [0, 0.1) is 14.9 Å². The molecule has 1 aromatic heterocycles. The molecule has 1 amide bonds. The lowest BCUT2D eigenvalue weighted by Crippen LogP contribution is -2.40. The number of amides is 1. The second kappa shape index (κ2) is 12.6. The van der Waals surface area contributed by atoms with Gasteiger partial charge >= 0.3 is 0 Å². The molecule has 42 heavy (non-hydrogen) atoms. The van der Waals surface area contributed by atoms with E-state index >= 15 is 0 Å². The molecule has 0 spiro atoms. The van der Waals surface area contributed by atoms with Crippen molar-refractivity contribution in [2.45, 2.75) is 13.0 Å². The van der Waals surface area contributed by atoms with E-state index in [1.54, 1.807) is 42.9 Å². The van der Waals surface area contributed by atoms with Crippen LogP contribution in [0.15, 0.2) is 87.8 Å². The largest absolute Gasteiger partial charge is 0.497 e. The van der Waals surface area contributed by atoms with Crippen molar-refractivity contribution in [1.29, 1.82) is 5.26 Å². The summed E-state index contributed by atoms with van der Waals surface area (Å²) in [6, 6.07) is 21.3. The first-order valence-corrected chi connectivity index (χ1v) is 14.6. The molecule has 0 aliphatic carbocycles. The molecule has 5 rings (SSSR count). The van der Waals surface area contributed by atoms with Crippen LogP contribution in [-0.4, -0.2) is 31.3 Å². The van der Waals surface area contributed by atoms with Crippen LogP contribution >= 0.6 is 33.9 Å². The van der Waals surface area contributed by atoms with E-state index in [1.165, 1.54) is 18.4 Å². The normalized spacial score (nSPS) is 14.5. The van der Waals surface area contributed by atoms with E-state index in [2.05, 4.69) is 27.9 Å². The minimum atomic E-state index is -0.737. The fourth-order valence-corrected chi connectivity index (χ4v) is 6.51. The summed E-state index contributed by atoms with van der Waals surface area (Å²) in [6.07, 6.45) is 1.76. The van der Waals surface area contributed by atoms with Crippen molar-refractivity contribution in [3.05, 3.63) is 112 Å². The average molecular weight is 693 g/mol. The number of methoxy groups -OCH3 is 2. The number of ether oxygens (including phenoxy) is 3. The van der Waals surface area contributed by atoms with E-state index in [-0.39, 0.29) is 18.1 Å². The number of nitrogens with one attached hydrogen (secondary N) is 1. The molecule has 212 valence electrons. The van der Waals surface area contributed by atoms with Crippen LogP contribution in [0.2, 0.25) is 0 Å². The molecule has 4 aromatic rings. The summed E-state index contributed by atoms with van der Waals surface area (Å²) in [5.41, 5.74) is 2.64. The number of aromatic nitrogens is 1. The molecule has 1 atom stereocenters. The Kier molecular flexibility index (Phi) is 8.75. The number of carbonyl (C=O) groups is 1. The Bertz CT molecular complexity index is 1930. The minimum Gasteiger partial charge on any atom is -0.497 e. The number of thiazole rings is 1. The van der Waals surface area contributed by atoms with E-state index in [4.69, 9.17) is 24.5 Å². The summed E-state index contributed by atoms with van der Waals surface area (Å²) in [7, 11) is 3.09. The first-order valence-electron chi connectivity index (χ1n) is 12.7. The van der Waals surface area contributed by atoms with Crippen LogP contribution in [0.1, 0.15) is 24.1 Å². The molecule has 1 aliphatic heterocycles. The number of allylic oxidation sites excluding steroid dienone is 1. The Labute approximate surface area is 259 Å². The number of nitrogens with zero attached hydrogens (tertiary/aromatic N) is 3. The van der Waals surface area contributed by atoms with Crippen molar-refractivity contribution >= 4 is 51.6 Å². The summed E-state index contributed by atoms with van der Waals surface area (Å²) < 4.78 is 19.2. The molecule has 0 bridgehead atoms. The van der Waals surface area contributed by atoms with Gasteiger partial charge in [0, 0.05) is 5.69 Å². The van der Waals surface area contributed by atoms with Crippen LogP contribution in [0.4, 0.5) is 5.69 Å². The van der Waals surface area contributed by atoms with E-state index in [0.29, 0.717) is 54.7 Å². The smallest absolute Gasteiger partial charge is 0.271 e. The third-order valence-electron chi connectivity index (χ3n) is 6.54. The zero-order chi connectivity index (χ0) is 29.8. The lowest BCUT2D eigenvalue weighted by molar-refractivity contribution is -0.113. The van der Waals surface area contributed by atoms with Gasteiger partial charge in [0.05, 0.1) is 39.6 Å². The number of hydrogen-bond donors (Lipinski definition) is 1. The number of anilines is 1. The van der Waals surface area contributed by atoms with Crippen molar-refractivity contribution in [2.24, 2.45) is 4.99 Å². The van der Waals surface area contributed by atoms with Gasteiger partial charge in [-0.25, -0.2) is 4.99 Å². The Hall–Kier alpha value is -4.41. The maximum Gasteiger partial charge on any atom is 0.271 e. The molecule has 1 N–H and O–H groups in total. The highest BCUT2D eigenvalue weighted by atomic mass is 127. The number of nitriles is 1. The summed E-state index contributed by atoms with van der Waals surface area (Å²) in [6.45, 7) is 1.66. The van der Waals surface area contributed by atoms with Crippen LogP contribution in [0.25, 0.3) is 6.08 Å². The molecule has 0 radical (unpaired) electrons. The molecule has 1 aliphatic rings. The lowest BCUT2D eigenvalue weighted by atomic mass is 9.95. The fourth-order valence-electron chi connectivity index (χ4n) is 4.68. The van der Waals surface area contributed by atoms with Gasteiger partial charge in [0.15, 0.2) is 22.9 Å². The van der Waals surface area contributed by atoms with E-state index < -0.39 is 6.04 Å². The van der Waals surface area contributed by atoms with E-state index in [0.717, 1.165) is 3.57 Å². The van der Waals surface area contributed by atoms with Crippen molar-refractivity contribution < 1.29 is 19.0 Å². The summed E-state index contributed by atoms with van der Waals surface area (Å²) in [5, 5.41) is 11.9. The molecule has 0 fully saturated rings. The minimum absolute atomic E-state index is 0.117. The highest BCUT2D eigenvalue weighted by Gasteiger charge is 2.32. The molecule has 11 heteroatoms. The third kappa shape index (κ3) is 5.81. The van der Waals surface area contributed by atoms with Gasteiger partial charge in [-0.1, -0.05) is 41.7 Å². The van der Waals surface area contributed by atoms with Crippen molar-refractivity contribution in [1.82, 2.24) is 4.57 Å². The third-order valence-corrected chi connectivity index (χ3v) is 8.32. The van der Waals surface area contributed by atoms with Crippen LogP contribution < -0.4 is 34.4 Å². The standard InChI is InChI=1S/C31H25IN4O5S/c1-18-26(29(37)35-21-9-5-4-6-10-21)27(20-8-7-11-22(17-20)39-2)36-30(38)25(42-31(36)34-18)16-19-14-23(32)28(41-13-12-33)24(15-19)40-3/h4-11,14-17,27H,13H2,1-3H3,(H,35,37)/b25-16-/t27-/m0/s1. The quantitative estimate of drug-likeness (QED) is 0.274. The second-order valence-electron chi connectivity index (χ2n) is 9.16. The first-order chi connectivity index (χ1) is 20.3. The summed E-state index contributed by atoms with van der Waals surface area (Å²) in [5.74, 6) is 1.16. The zero-order valence-electron chi connectivity index (χ0n) is 22.9. The van der Waals surface area contributed by atoms with Gasteiger partial charge in [-0.2, -0.15) is 5.26 Å². The average Bonchev–Trinajstić information content (AvgIpc) is 3.29. The molecule has 0 saturated heterocycles. The molecule has 2 heterocycles. The number of carbonyl (C=O) groups excluding carboxylic acids is 1. The predicted octanol–water partition coefficient (Wildman–Crippen LogP) is 4.40. The fraction of sp³-hybridized carbons (Fsp3) is 0.161. The van der Waals surface area contributed by atoms with Crippen molar-refractivity contribution in [3.8, 4) is 23.3 Å². The Morgan fingerprint density at radius 3 is 2.64 bits per heavy atom. The number of halogens is 1. The predicted molar refractivity (Wildman–Crippen MR) is 169 cm³/mol. The second-order valence-corrected chi connectivity index (χ2v) is 11.3. The lowest BCUT2D eigenvalue weighted by Gasteiger charge is -2.25. The molecular formula is C31H25IN4O5S. The Morgan fingerprint density at radius 1 is 1.14 bits per heavy atom. The maximum absolute atomic E-state index is 14.0. The van der Waals surface area contributed by atoms with Crippen molar-refractivity contribution in [2.75, 3.05) is 26.1 Å². The number of fused-ring (bicyclic) bond motifs is 1. The molecule has 3 aromatic carbocycles. The molecular weight excluding hydrogens is 667 g/mol. The van der Waals surface area contributed by atoms with E-state index in [9.17, 15) is 9.59 Å². The molecule has 0 saturated carbocycles. The monoisotopic (exact) mass is 692 g/mol. The van der Waals surface area contributed by atoms with Gasteiger partial charge in [-0.05, 0) is 83.1 Å². The topological polar surface area (TPSA) is 115 Å². The van der Waals surface area contributed by atoms with Crippen LogP contribution in [-0.2, 0) is 4.79 Å². The van der Waals surface area contributed by atoms with Crippen LogP contribution in [0.5, 0.6) is 17.2 Å². The van der Waals surface area contributed by atoms with Gasteiger partial charge in [-0.3, -0.25) is 14.2 Å². The number of rotatable bonds is 8. The molecule has 9 nitrogen and oxygen atoms in total. The van der Waals surface area contributed by atoms with Crippen LogP contribution in [0.3, 0.4) is 0 Å². The van der Waals surface area contributed by atoms with Gasteiger partial charge in [0.25, 0.3) is 11.5 Å². The number of para-hydroxylation sites is 1. The molecule has 0 unspecified atom stereocenters. The number of hydrogen-bond acceptors (Lipinski definition) is 8. The summed E-state index contributed by atoms with van der Waals surface area (Å²) >= 11 is 3.34. The SMILES string of the molecule is COc1cccc([C@H]2C(C(=O)Nc3ccccc3)=C(C)N=c3s/c(=C\c4cc(I)c(OCC#N)c(OC)c4)c(=O)n32)c1. The highest BCUT2D eigenvalue weighted by molar-refractivity contribution is 14.1. The zero-order valence-corrected chi connectivity index (χ0v) is 25.9. The Balaban J connectivity index is 1.66. The van der Waals surface area contributed by atoms with Gasteiger partial charge < -0.3 is 19.5 Å². The van der Waals surface area contributed by atoms with Crippen molar-refractivity contribution in [3.63, 3.8) is 0 Å². The Morgan fingerprint density at radius 2 is 1.93 bits per heavy atom. The maximum atomic E-state index is 14.0. The van der Waals surface area contributed by atoms with E-state index in [1.807, 2.05) is 54.6 Å².